The first-order valence-electron chi connectivity index (χ1n) is 2.24. The Labute approximate surface area is 70.5 Å². The Hall–Kier alpha value is 0.170. The highest BCUT2D eigenvalue weighted by Crippen LogP contribution is 2.09. The van der Waals surface area contributed by atoms with Gasteiger partial charge in [-0.1, -0.05) is 44.5 Å². The molecular formula is C5H6Br2O2. The Kier molecular flexibility index (Phi) is 5.09. The Balaban J connectivity index is 3.38. The number of halogens is 2. The van der Waals surface area contributed by atoms with Gasteiger partial charge in [0.15, 0.2) is 3.74 Å². The number of rotatable bonds is 3. The molecule has 0 heterocycles. The van der Waals surface area contributed by atoms with E-state index >= 15 is 0 Å². The molecule has 0 unspecified atom stereocenters. The number of hydrogen-bond acceptors (Lipinski definition) is 2. The van der Waals surface area contributed by atoms with E-state index in [1.807, 2.05) is 0 Å². The first kappa shape index (κ1) is 9.17. The molecule has 0 N–H and O–H groups in total. The number of alkyl halides is 2. The molecule has 0 aromatic heterocycles. The largest absolute Gasteiger partial charge is 0.460 e. The van der Waals surface area contributed by atoms with Gasteiger partial charge in [-0.2, -0.15) is 0 Å². The minimum atomic E-state index is -0.412. The van der Waals surface area contributed by atoms with Gasteiger partial charge in [0, 0.05) is 0 Å². The molecule has 0 aliphatic rings. The highest BCUT2D eigenvalue weighted by molar-refractivity contribution is 9.25. The number of carbonyl (C=O) groups excluding carboxylic acids is 1. The van der Waals surface area contributed by atoms with Crippen molar-refractivity contribution in [3.8, 4) is 0 Å². The standard InChI is InChI=1S/C5H6Br2O2/c1-2-3-9-5(8)4(6)7/h2,4H,1,3H2. The molecule has 0 bridgehead atoms. The predicted molar refractivity (Wildman–Crippen MR) is 42.8 cm³/mol. The molecule has 9 heavy (non-hydrogen) atoms. The summed E-state index contributed by atoms with van der Waals surface area (Å²) in [5, 5.41) is 0. The Morgan fingerprint density at radius 1 is 1.78 bits per heavy atom. The van der Waals surface area contributed by atoms with Crippen molar-refractivity contribution in [2.24, 2.45) is 0 Å². The number of carbonyl (C=O) groups is 1. The summed E-state index contributed by atoms with van der Waals surface area (Å²) in [6.45, 7) is 3.64. The fourth-order valence-electron chi connectivity index (χ4n) is 0.204. The van der Waals surface area contributed by atoms with Crippen molar-refractivity contribution in [3.63, 3.8) is 0 Å². The molecular weight excluding hydrogens is 252 g/mol. The van der Waals surface area contributed by atoms with E-state index in [-0.39, 0.29) is 12.6 Å². The lowest BCUT2D eigenvalue weighted by Crippen LogP contribution is -2.10. The van der Waals surface area contributed by atoms with Crippen molar-refractivity contribution in [3.05, 3.63) is 12.7 Å². The van der Waals surface area contributed by atoms with Gasteiger partial charge in [-0.3, -0.25) is 0 Å². The zero-order valence-corrected chi connectivity index (χ0v) is 7.81. The van der Waals surface area contributed by atoms with Gasteiger partial charge in [-0.15, -0.1) is 0 Å². The molecule has 0 spiro atoms. The van der Waals surface area contributed by atoms with Crippen LogP contribution < -0.4 is 0 Å². The topological polar surface area (TPSA) is 26.3 Å². The maximum absolute atomic E-state index is 10.5. The fraction of sp³-hybridized carbons (Fsp3) is 0.400. The van der Waals surface area contributed by atoms with Crippen molar-refractivity contribution >= 4 is 37.8 Å². The van der Waals surface area contributed by atoms with E-state index in [9.17, 15) is 4.79 Å². The quantitative estimate of drug-likeness (QED) is 0.438. The smallest absolute Gasteiger partial charge is 0.330 e. The monoisotopic (exact) mass is 256 g/mol. The summed E-state index contributed by atoms with van der Waals surface area (Å²) < 4.78 is 4.19. The summed E-state index contributed by atoms with van der Waals surface area (Å²) in [7, 11) is 0. The van der Waals surface area contributed by atoms with Gasteiger partial charge >= 0.3 is 5.97 Å². The van der Waals surface area contributed by atoms with Crippen LogP contribution in [0.2, 0.25) is 0 Å². The minimum Gasteiger partial charge on any atom is -0.460 e. The SMILES string of the molecule is C=CCOC(=O)C(Br)Br. The van der Waals surface area contributed by atoms with Crippen LogP contribution in [0.4, 0.5) is 0 Å². The minimum absolute atomic E-state index is 0.256. The summed E-state index contributed by atoms with van der Waals surface area (Å²) in [6, 6.07) is 0. The van der Waals surface area contributed by atoms with Gasteiger partial charge in [0.25, 0.3) is 0 Å². The predicted octanol–water partition coefficient (Wildman–Crippen LogP) is 1.83. The summed E-state index contributed by atoms with van der Waals surface area (Å²) in [5.74, 6) is -0.338. The van der Waals surface area contributed by atoms with Gasteiger partial charge in [-0.25, -0.2) is 4.79 Å². The summed E-state index contributed by atoms with van der Waals surface area (Å²) in [4.78, 5) is 10.5. The average Bonchev–Trinajstić information content (AvgIpc) is 1.82. The van der Waals surface area contributed by atoms with E-state index < -0.39 is 3.74 Å². The lowest BCUT2D eigenvalue weighted by molar-refractivity contribution is -0.139. The van der Waals surface area contributed by atoms with Crippen LogP contribution in [-0.2, 0) is 9.53 Å². The van der Waals surface area contributed by atoms with Crippen molar-refractivity contribution in [2.75, 3.05) is 6.61 Å². The maximum atomic E-state index is 10.5. The van der Waals surface area contributed by atoms with Crippen LogP contribution >= 0.6 is 31.9 Å². The third-order valence-corrected chi connectivity index (χ3v) is 1.27. The van der Waals surface area contributed by atoms with Crippen LogP contribution in [0.15, 0.2) is 12.7 Å². The second-order valence-corrected chi connectivity index (χ2v) is 4.28. The fourth-order valence-corrected chi connectivity index (χ4v) is 0.468. The van der Waals surface area contributed by atoms with E-state index in [1.165, 1.54) is 6.08 Å². The molecule has 0 atom stereocenters. The molecule has 4 heteroatoms. The molecule has 52 valence electrons. The van der Waals surface area contributed by atoms with Crippen molar-refractivity contribution in [2.45, 2.75) is 3.74 Å². The Morgan fingerprint density at radius 3 is 2.67 bits per heavy atom. The van der Waals surface area contributed by atoms with Crippen LogP contribution in [0.5, 0.6) is 0 Å². The van der Waals surface area contributed by atoms with Crippen LogP contribution in [0.3, 0.4) is 0 Å². The molecule has 0 rings (SSSR count). The van der Waals surface area contributed by atoms with Crippen LogP contribution in [0, 0.1) is 0 Å². The second kappa shape index (κ2) is 4.99. The molecule has 0 amide bonds. The maximum Gasteiger partial charge on any atom is 0.330 e. The Bertz CT molecular complexity index is 112. The van der Waals surface area contributed by atoms with Crippen molar-refractivity contribution < 1.29 is 9.53 Å². The van der Waals surface area contributed by atoms with Crippen LogP contribution in [-0.4, -0.2) is 16.3 Å². The molecule has 0 fully saturated rings. The lowest BCUT2D eigenvalue weighted by atomic mass is 10.7. The number of ether oxygens (including phenoxy) is 1. The van der Waals surface area contributed by atoms with Gasteiger partial charge in [0.2, 0.25) is 0 Å². The third kappa shape index (κ3) is 4.66. The molecule has 0 radical (unpaired) electrons. The lowest BCUT2D eigenvalue weighted by Gasteiger charge is -1.99. The molecule has 0 aliphatic heterocycles. The summed E-state index contributed by atoms with van der Waals surface area (Å²) in [6.07, 6.45) is 1.51. The summed E-state index contributed by atoms with van der Waals surface area (Å²) in [5.41, 5.74) is 0. The number of esters is 1. The van der Waals surface area contributed by atoms with Crippen LogP contribution in [0.25, 0.3) is 0 Å². The molecule has 0 saturated carbocycles. The first-order chi connectivity index (χ1) is 4.18. The van der Waals surface area contributed by atoms with Gasteiger partial charge in [0.1, 0.15) is 6.61 Å². The first-order valence-corrected chi connectivity index (χ1v) is 4.07. The van der Waals surface area contributed by atoms with E-state index in [0.29, 0.717) is 0 Å². The zero-order valence-electron chi connectivity index (χ0n) is 4.64. The van der Waals surface area contributed by atoms with E-state index in [4.69, 9.17) is 0 Å². The highest BCUT2D eigenvalue weighted by atomic mass is 79.9. The second-order valence-electron chi connectivity index (χ2n) is 1.22. The zero-order chi connectivity index (χ0) is 7.28. The molecule has 2 nitrogen and oxygen atoms in total. The highest BCUT2D eigenvalue weighted by Gasteiger charge is 2.09. The van der Waals surface area contributed by atoms with E-state index in [2.05, 4.69) is 43.2 Å². The normalized spacial score (nSPS) is 9.22. The number of hydrogen-bond donors (Lipinski definition) is 0. The van der Waals surface area contributed by atoms with Gasteiger partial charge in [0.05, 0.1) is 0 Å². The van der Waals surface area contributed by atoms with E-state index in [1.54, 1.807) is 0 Å². The molecule has 0 aromatic carbocycles. The van der Waals surface area contributed by atoms with Gasteiger partial charge in [-0.05, 0) is 0 Å². The summed E-state index contributed by atoms with van der Waals surface area (Å²) >= 11 is 5.96. The average molecular weight is 258 g/mol. The molecule has 0 aliphatic carbocycles. The van der Waals surface area contributed by atoms with Crippen molar-refractivity contribution in [1.82, 2.24) is 0 Å². The molecule has 0 saturated heterocycles. The van der Waals surface area contributed by atoms with Crippen molar-refractivity contribution in [1.29, 1.82) is 0 Å². The molecule has 0 aromatic rings. The van der Waals surface area contributed by atoms with Crippen LogP contribution in [0.1, 0.15) is 0 Å². The van der Waals surface area contributed by atoms with Gasteiger partial charge < -0.3 is 4.74 Å². The van der Waals surface area contributed by atoms with E-state index in [0.717, 1.165) is 0 Å². The Morgan fingerprint density at radius 2 is 2.33 bits per heavy atom. The third-order valence-electron chi connectivity index (χ3n) is 0.522.